The van der Waals surface area contributed by atoms with Crippen LogP contribution in [0.25, 0.3) is 61.0 Å². The first-order valence-corrected chi connectivity index (χ1v) is 15.9. The highest BCUT2D eigenvalue weighted by molar-refractivity contribution is 6.10. The molecule has 1 aliphatic heterocycles. The number of imidazole rings is 1. The van der Waals surface area contributed by atoms with E-state index >= 15 is 0 Å². The van der Waals surface area contributed by atoms with Crippen LogP contribution in [-0.4, -0.2) is 27.8 Å². The molecule has 0 N–H and O–H groups in total. The number of aryl methyl sites for hydroxylation is 1. The van der Waals surface area contributed by atoms with Crippen LogP contribution in [0.2, 0.25) is 0 Å². The van der Waals surface area contributed by atoms with Crippen molar-refractivity contribution >= 4 is 49.9 Å². The van der Waals surface area contributed by atoms with Gasteiger partial charge in [0, 0.05) is 47.4 Å². The van der Waals surface area contributed by atoms with Gasteiger partial charge in [-0.15, -0.1) is 0 Å². The van der Waals surface area contributed by atoms with Crippen LogP contribution >= 0.6 is 0 Å². The van der Waals surface area contributed by atoms with Crippen molar-refractivity contribution < 1.29 is 0 Å². The lowest BCUT2D eigenvalue weighted by Crippen LogP contribution is -2.24. The van der Waals surface area contributed by atoms with Crippen LogP contribution in [0.4, 0.5) is 17.1 Å². The van der Waals surface area contributed by atoms with Gasteiger partial charge in [0.25, 0.3) is 0 Å². The molecule has 0 radical (unpaired) electrons. The lowest BCUT2D eigenvalue weighted by molar-refractivity contribution is 0.948. The smallest absolute Gasteiger partial charge is 0.140 e. The molecule has 0 bridgehead atoms. The summed E-state index contributed by atoms with van der Waals surface area (Å²) < 4.78 is 4.71. The van der Waals surface area contributed by atoms with Gasteiger partial charge in [0.1, 0.15) is 5.82 Å². The minimum absolute atomic E-state index is 0.820. The molecule has 0 unspecified atom stereocenters. The van der Waals surface area contributed by atoms with Crippen molar-refractivity contribution in [1.29, 1.82) is 0 Å². The number of aromatic nitrogens is 3. The summed E-state index contributed by atoms with van der Waals surface area (Å²) in [5.41, 5.74) is 16.0. The maximum Gasteiger partial charge on any atom is 0.140 e. The summed E-state index contributed by atoms with van der Waals surface area (Å²) in [4.78, 5) is 9.94. The van der Waals surface area contributed by atoms with Gasteiger partial charge in [-0.3, -0.25) is 0 Å². The maximum atomic E-state index is 5.23. The average molecular weight is 594 g/mol. The zero-order valence-corrected chi connectivity index (χ0v) is 25.8. The Morgan fingerprint density at radius 2 is 1.39 bits per heavy atom. The first-order valence-electron chi connectivity index (χ1n) is 15.9. The number of fused-ring (bicyclic) bond motifs is 9. The van der Waals surface area contributed by atoms with Crippen molar-refractivity contribution in [2.45, 2.75) is 6.42 Å². The molecular weight excluding hydrogens is 562 g/mol. The summed E-state index contributed by atoms with van der Waals surface area (Å²) in [7, 11) is 4.32. The minimum atomic E-state index is 0.820. The summed E-state index contributed by atoms with van der Waals surface area (Å²) in [6.45, 7) is 0.820. The third-order valence-electron chi connectivity index (χ3n) is 10.1. The van der Waals surface area contributed by atoms with Crippen LogP contribution in [-0.2, 0) is 13.5 Å². The largest absolute Gasteiger partial charge is 0.355 e. The Morgan fingerprint density at radius 3 is 2.33 bits per heavy atom. The van der Waals surface area contributed by atoms with Gasteiger partial charge in [-0.25, -0.2) is 4.98 Å². The minimum Gasteiger partial charge on any atom is -0.355 e. The number of hydrogen-bond donors (Lipinski definition) is 0. The number of hydrogen-bond acceptors (Lipinski definition) is 3. The number of anilines is 3. The normalized spacial score (nSPS) is 13.6. The summed E-state index contributed by atoms with van der Waals surface area (Å²) in [5.74, 6) is 0.983. The summed E-state index contributed by atoms with van der Waals surface area (Å²) in [6, 6.07) is 46.4. The molecule has 5 heteroatoms. The van der Waals surface area contributed by atoms with Gasteiger partial charge in [-0.2, -0.15) is 0 Å². The molecular formula is C41H31N5. The zero-order valence-electron chi connectivity index (χ0n) is 25.8. The predicted molar refractivity (Wildman–Crippen MR) is 191 cm³/mol. The van der Waals surface area contributed by atoms with E-state index in [-0.39, 0.29) is 0 Å². The Kier molecular flexibility index (Phi) is 5.18. The molecule has 0 atom stereocenters. The van der Waals surface area contributed by atoms with Crippen molar-refractivity contribution in [3.63, 3.8) is 0 Å². The van der Waals surface area contributed by atoms with Crippen LogP contribution in [0.1, 0.15) is 11.1 Å². The molecule has 0 saturated heterocycles. The molecule has 46 heavy (non-hydrogen) atoms. The number of nitrogens with zero attached hydrogens (tertiary/aromatic N) is 5. The van der Waals surface area contributed by atoms with Crippen LogP contribution in [0.3, 0.4) is 0 Å². The van der Waals surface area contributed by atoms with E-state index in [2.05, 4.69) is 160 Å². The van der Waals surface area contributed by atoms with E-state index in [1.54, 1.807) is 0 Å². The van der Waals surface area contributed by atoms with Gasteiger partial charge in [0.05, 0.1) is 40.1 Å². The molecule has 8 aromatic rings. The number of para-hydroxylation sites is 3. The van der Waals surface area contributed by atoms with Gasteiger partial charge < -0.3 is 18.9 Å². The second kappa shape index (κ2) is 9.35. The second-order valence-corrected chi connectivity index (χ2v) is 12.7. The second-order valence-electron chi connectivity index (χ2n) is 12.7. The van der Waals surface area contributed by atoms with E-state index < -0.39 is 0 Å². The number of benzene rings is 6. The lowest BCUT2D eigenvalue weighted by Gasteiger charge is -2.21. The monoisotopic (exact) mass is 593 g/mol. The molecule has 0 spiro atoms. The third-order valence-corrected chi connectivity index (χ3v) is 10.1. The summed E-state index contributed by atoms with van der Waals surface area (Å²) in [5, 5.41) is 2.49. The summed E-state index contributed by atoms with van der Waals surface area (Å²) >= 11 is 0. The van der Waals surface area contributed by atoms with Crippen molar-refractivity contribution in [3.8, 4) is 28.2 Å². The Hall–Kier alpha value is -5.81. The molecule has 2 aliphatic rings. The van der Waals surface area contributed by atoms with E-state index in [4.69, 9.17) is 4.98 Å². The predicted octanol–water partition coefficient (Wildman–Crippen LogP) is 9.45. The van der Waals surface area contributed by atoms with Crippen LogP contribution in [0.15, 0.2) is 127 Å². The molecule has 220 valence electrons. The van der Waals surface area contributed by atoms with Gasteiger partial charge in [0.15, 0.2) is 0 Å². The van der Waals surface area contributed by atoms with Crippen molar-refractivity contribution in [3.05, 3.63) is 139 Å². The molecule has 0 saturated carbocycles. The Balaban J connectivity index is 1.16. The fourth-order valence-electron chi connectivity index (χ4n) is 7.96. The molecule has 10 rings (SSSR count). The lowest BCUT2D eigenvalue weighted by atomic mass is 10.0. The molecule has 1 aliphatic carbocycles. The quantitative estimate of drug-likeness (QED) is 0.204. The molecule has 6 aromatic carbocycles. The molecule has 0 fully saturated rings. The SMILES string of the molecule is CN1CN(c2cccc(-n3c4ccccc4c4ccc(-c5nc6ccc7c(c6n5C)-c5ccccc5C7)cc43)c2)c2ccccc21. The van der Waals surface area contributed by atoms with E-state index in [0.717, 1.165) is 35.7 Å². The maximum absolute atomic E-state index is 5.23. The molecule has 2 aromatic heterocycles. The standard InChI is InChI=1S/C41H31N5/c1-43-25-45(37-17-8-7-16-36(37)43)29-11-9-12-30(24-29)46-35-15-6-5-14-32(35)33-20-18-28(23-38(33)46)41-42-34-21-19-27-22-26-10-3-4-13-31(26)39(27)40(34)44(41)2/h3-21,23-24H,22,25H2,1-2H3. The van der Waals surface area contributed by atoms with Gasteiger partial charge >= 0.3 is 0 Å². The molecule has 5 nitrogen and oxygen atoms in total. The fourth-order valence-corrected chi connectivity index (χ4v) is 7.96. The van der Waals surface area contributed by atoms with Crippen LogP contribution in [0, 0.1) is 0 Å². The van der Waals surface area contributed by atoms with Crippen LogP contribution in [0.5, 0.6) is 0 Å². The molecule has 3 heterocycles. The van der Waals surface area contributed by atoms with E-state index in [1.807, 2.05) is 0 Å². The first kappa shape index (κ1) is 25.5. The van der Waals surface area contributed by atoms with E-state index in [0.29, 0.717) is 0 Å². The van der Waals surface area contributed by atoms with E-state index in [9.17, 15) is 0 Å². The Bertz CT molecular complexity index is 2530. The van der Waals surface area contributed by atoms with Crippen molar-refractivity contribution in [1.82, 2.24) is 14.1 Å². The number of rotatable bonds is 3. The van der Waals surface area contributed by atoms with Crippen molar-refractivity contribution in [2.75, 3.05) is 23.5 Å². The molecule has 0 amide bonds. The summed E-state index contributed by atoms with van der Waals surface area (Å²) in [6.07, 6.45) is 0.979. The highest BCUT2D eigenvalue weighted by atomic mass is 15.4. The first-order chi connectivity index (χ1) is 22.6. The Morgan fingerprint density at radius 1 is 0.609 bits per heavy atom. The van der Waals surface area contributed by atoms with E-state index in [1.165, 1.54) is 66.6 Å². The van der Waals surface area contributed by atoms with Gasteiger partial charge in [-0.1, -0.05) is 78.9 Å². The average Bonchev–Trinajstić information content (AvgIpc) is 3.83. The topological polar surface area (TPSA) is 29.2 Å². The zero-order chi connectivity index (χ0) is 30.5. The van der Waals surface area contributed by atoms with Crippen molar-refractivity contribution in [2.24, 2.45) is 7.05 Å². The van der Waals surface area contributed by atoms with Gasteiger partial charge in [0.2, 0.25) is 0 Å². The third kappa shape index (κ3) is 3.48. The van der Waals surface area contributed by atoms with Crippen LogP contribution < -0.4 is 9.80 Å². The fraction of sp³-hybridized carbons (Fsp3) is 0.0976. The highest BCUT2D eigenvalue weighted by Crippen LogP contribution is 2.44. The highest BCUT2D eigenvalue weighted by Gasteiger charge is 2.26. The Labute approximate surface area is 267 Å². The van der Waals surface area contributed by atoms with Gasteiger partial charge in [-0.05, 0) is 71.6 Å².